The van der Waals surface area contributed by atoms with Crippen molar-refractivity contribution in [3.05, 3.63) is 106 Å². The molecular weight excluding hydrogens is 372 g/mol. The van der Waals surface area contributed by atoms with Crippen LogP contribution in [0, 0.1) is 27.7 Å². The molecule has 1 aliphatic rings. The molecule has 0 atom stereocenters. The fraction of sp³-hybridized carbons (Fsp3) is 0.161. The van der Waals surface area contributed by atoms with Crippen LogP contribution in [0.3, 0.4) is 0 Å². The quantitative estimate of drug-likeness (QED) is 0.257. The minimum atomic E-state index is 1.02. The zero-order valence-electron chi connectivity index (χ0n) is 18.6. The molecule has 0 aromatic heterocycles. The summed E-state index contributed by atoms with van der Waals surface area (Å²) in [6, 6.07) is 27.9. The van der Waals surface area contributed by atoms with Gasteiger partial charge in [0.15, 0.2) is 0 Å². The second-order valence-corrected chi connectivity index (χ2v) is 9.46. The van der Waals surface area contributed by atoms with E-state index in [1.54, 1.807) is 0 Å². The molecule has 0 bridgehead atoms. The van der Waals surface area contributed by atoms with Gasteiger partial charge in [0.1, 0.15) is 0 Å². The molecule has 1 aliphatic carbocycles. The van der Waals surface area contributed by atoms with Gasteiger partial charge in [-0.3, -0.25) is 0 Å². The zero-order chi connectivity index (χ0) is 21.3. The van der Waals surface area contributed by atoms with Crippen molar-refractivity contribution in [1.82, 2.24) is 0 Å². The highest BCUT2D eigenvalue weighted by Gasteiger charge is 2.20. The highest BCUT2D eigenvalue weighted by molar-refractivity contribution is 6.15. The van der Waals surface area contributed by atoms with E-state index in [1.165, 1.54) is 77.2 Å². The van der Waals surface area contributed by atoms with Gasteiger partial charge in [0.2, 0.25) is 0 Å². The van der Waals surface area contributed by atoms with Gasteiger partial charge in [0, 0.05) is 0 Å². The molecule has 0 aliphatic heterocycles. The lowest BCUT2D eigenvalue weighted by molar-refractivity contribution is 1.27. The number of rotatable bonds is 2. The van der Waals surface area contributed by atoms with Crippen LogP contribution in [-0.4, -0.2) is 0 Å². The molecule has 0 heteroatoms. The molecule has 0 nitrogen and oxygen atoms in total. The summed E-state index contributed by atoms with van der Waals surface area (Å²) >= 11 is 0. The van der Waals surface area contributed by atoms with Crippen molar-refractivity contribution in [2.75, 3.05) is 0 Å². The number of aryl methyl sites for hydroxylation is 4. The van der Waals surface area contributed by atoms with Crippen molar-refractivity contribution in [3.63, 3.8) is 0 Å². The first-order chi connectivity index (χ1) is 14.9. The second kappa shape index (κ2) is 6.56. The average molecular weight is 399 g/mol. The molecule has 0 radical (unpaired) electrons. The lowest BCUT2D eigenvalue weighted by atomic mass is 9.94. The first-order valence-electron chi connectivity index (χ1n) is 11.1. The van der Waals surface area contributed by atoms with Gasteiger partial charge in [0.05, 0.1) is 0 Å². The normalized spacial score (nSPS) is 12.4. The Morgan fingerprint density at radius 2 is 0.774 bits per heavy atom. The Bertz CT molecular complexity index is 1380. The van der Waals surface area contributed by atoms with Gasteiger partial charge in [-0.1, -0.05) is 82.9 Å². The summed E-state index contributed by atoms with van der Waals surface area (Å²) in [6.45, 7) is 8.74. The van der Waals surface area contributed by atoms with Crippen molar-refractivity contribution in [2.24, 2.45) is 0 Å². The maximum absolute atomic E-state index is 2.42. The van der Waals surface area contributed by atoms with Crippen molar-refractivity contribution in [1.29, 1.82) is 0 Å². The van der Waals surface area contributed by atoms with E-state index in [0.717, 1.165) is 6.42 Å². The molecule has 0 unspecified atom stereocenters. The van der Waals surface area contributed by atoms with E-state index < -0.39 is 0 Å². The van der Waals surface area contributed by atoms with Crippen molar-refractivity contribution in [2.45, 2.75) is 34.1 Å². The Hall–Kier alpha value is -3.38. The first kappa shape index (κ1) is 18.4. The van der Waals surface area contributed by atoms with Gasteiger partial charge in [-0.15, -0.1) is 0 Å². The summed E-state index contributed by atoms with van der Waals surface area (Å²) in [5, 5.41) is 5.62. The fourth-order valence-corrected chi connectivity index (χ4v) is 5.61. The highest BCUT2D eigenvalue weighted by Crippen LogP contribution is 2.42. The molecule has 0 N–H and O–H groups in total. The van der Waals surface area contributed by atoms with E-state index in [-0.39, 0.29) is 0 Å². The second-order valence-electron chi connectivity index (χ2n) is 9.46. The standard InChI is InChI=1S/C31H26/c1-18-7-19(2)10-24(9-18)26-13-22-5-6-23-14-27(25-11-20(3)8-21(4)12-25)16-29-17-28(15-26)30(22)31(23)29/h5-16H,17H2,1-4H3. The highest BCUT2D eigenvalue weighted by atomic mass is 14.2. The molecule has 0 amide bonds. The largest absolute Gasteiger partial charge is 0.0563 e. The van der Waals surface area contributed by atoms with E-state index >= 15 is 0 Å². The maximum atomic E-state index is 2.42. The van der Waals surface area contributed by atoms with Crippen molar-refractivity contribution in [3.8, 4) is 22.3 Å². The third kappa shape index (κ3) is 2.98. The summed E-state index contributed by atoms with van der Waals surface area (Å²) in [5.41, 5.74) is 13.5. The monoisotopic (exact) mass is 398 g/mol. The Morgan fingerprint density at radius 3 is 1.16 bits per heavy atom. The summed E-state index contributed by atoms with van der Waals surface area (Å²) in [5.74, 6) is 0. The number of hydrogen-bond acceptors (Lipinski definition) is 0. The van der Waals surface area contributed by atoms with Crippen LogP contribution in [0.1, 0.15) is 33.4 Å². The molecule has 0 saturated carbocycles. The molecule has 0 fully saturated rings. The molecule has 0 heterocycles. The fourth-order valence-electron chi connectivity index (χ4n) is 5.61. The predicted octanol–water partition coefficient (Wildman–Crippen LogP) is 8.46. The molecule has 31 heavy (non-hydrogen) atoms. The molecule has 6 rings (SSSR count). The Morgan fingerprint density at radius 1 is 0.419 bits per heavy atom. The molecule has 5 aromatic rings. The van der Waals surface area contributed by atoms with Crippen LogP contribution in [0.25, 0.3) is 43.8 Å². The lowest BCUT2D eigenvalue weighted by Gasteiger charge is -2.10. The minimum absolute atomic E-state index is 1.02. The maximum Gasteiger partial charge on any atom is -0.00126 e. The van der Waals surface area contributed by atoms with Crippen LogP contribution < -0.4 is 0 Å². The number of hydrogen-bond donors (Lipinski definition) is 0. The van der Waals surface area contributed by atoms with Gasteiger partial charge in [-0.25, -0.2) is 0 Å². The van der Waals surface area contributed by atoms with Crippen molar-refractivity contribution < 1.29 is 0 Å². The van der Waals surface area contributed by atoms with Crippen molar-refractivity contribution >= 4 is 21.5 Å². The summed E-state index contributed by atoms with van der Waals surface area (Å²) in [7, 11) is 0. The van der Waals surface area contributed by atoms with Crippen LogP contribution in [0.15, 0.2) is 72.8 Å². The molecule has 0 saturated heterocycles. The first-order valence-corrected chi connectivity index (χ1v) is 11.1. The van der Waals surface area contributed by atoms with E-state index in [2.05, 4.69) is 100 Å². The van der Waals surface area contributed by atoms with E-state index in [0.29, 0.717) is 0 Å². The smallest absolute Gasteiger partial charge is 0.00126 e. The summed E-state index contributed by atoms with van der Waals surface area (Å²) < 4.78 is 0. The van der Waals surface area contributed by atoms with Gasteiger partial charge in [-0.05, 0) is 101 Å². The third-order valence-corrected chi connectivity index (χ3v) is 6.68. The van der Waals surface area contributed by atoms with Gasteiger partial charge in [0.25, 0.3) is 0 Å². The van der Waals surface area contributed by atoms with Gasteiger partial charge < -0.3 is 0 Å². The average Bonchev–Trinajstić information content (AvgIpc) is 3.09. The van der Waals surface area contributed by atoms with Crippen LogP contribution >= 0.6 is 0 Å². The summed E-state index contributed by atoms with van der Waals surface area (Å²) in [6.07, 6.45) is 1.02. The Kier molecular flexibility index (Phi) is 3.89. The van der Waals surface area contributed by atoms with Crippen LogP contribution in [-0.2, 0) is 6.42 Å². The third-order valence-electron chi connectivity index (χ3n) is 6.68. The Balaban J connectivity index is 1.54. The van der Waals surface area contributed by atoms with E-state index in [9.17, 15) is 0 Å². The lowest BCUT2D eigenvalue weighted by Crippen LogP contribution is -1.87. The Labute approximate surface area is 184 Å². The van der Waals surface area contributed by atoms with Crippen LogP contribution in [0.2, 0.25) is 0 Å². The van der Waals surface area contributed by atoms with Crippen LogP contribution in [0.4, 0.5) is 0 Å². The molecule has 5 aromatic carbocycles. The topological polar surface area (TPSA) is 0 Å². The molecule has 0 spiro atoms. The summed E-state index contributed by atoms with van der Waals surface area (Å²) in [4.78, 5) is 0. The zero-order valence-corrected chi connectivity index (χ0v) is 18.6. The predicted molar refractivity (Wildman–Crippen MR) is 134 cm³/mol. The van der Waals surface area contributed by atoms with Gasteiger partial charge >= 0.3 is 0 Å². The SMILES string of the molecule is Cc1cc(C)cc(-c2cc3c4c(ccc5cc(-c6cc(C)cc(C)c6)cc(c54)C3)c2)c1. The molecule has 150 valence electrons. The minimum Gasteiger partial charge on any atom is -0.0563 e. The van der Waals surface area contributed by atoms with E-state index in [1.807, 2.05) is 0 Å². The molecular formula is C31H26. The number of benzene rings is 5. The van der Waals surface area contributed by atoms with Crippen LogP contribution in [0.5, 0.6) is 0 Å². The van der Waals surface area contributed by atoms with E-state index in [4.69, 9.17) is 0 Å². The van der Waals surface area contributed by atoms with Gasteiger partial charge in [-0.2, -0.15) is 0 Å².